The summed E-state index contributed by atoms with van der Waals surface area (Å²) in [5.74, 6) is 0.850. The van der Waals surface area contributed by atoms with Crippen molar-refractivity contribution in [2.75, 3.05) is 11.9 Å². The maximum atomic E-state index is 12.3. The third-order valence-electron chi connectivity index (χ3n) is 4.95. The Hall–Kier alpha value is -2.34. The number of rotatable bonds is 4. The average Bonchev–Trinajstić information content (AvgIpc) is 3.14. The molecule has 3 rings (SSSR count). The first-order valence-electron chi connectivity index (χ1n) is 8.28. The fourth-order valence-corrected chi connectivity index (χ4v) is 3.37. The number of aliphatic hydroxyl groups is 1. The highest BCUT2D eigenvalue weighted by Crippen LogP contribution is 2.37. The first-order chi connectivity index (χ1) is 11.5. The highest BCUT2D eigenvalue weighted by Gasteiger charge is 2.39. The summed E-state index contributed by atoms with van der Waals surface area (Å²) in [5, 5.41) is 15.5. The molecule has 0 bridgehead atoms. The fraction of sp³-hybridized carbons (Fsp3) is 0.444. The molecule has 2 unspecified atom stereocenters. The molecule has 1 aromatic carbocycles. The molecule has 1 aliphatic rings. The predicted octanol–water partition coefficient (Wildman–Crippen LogP) is 2.76. The van der Waals surface area contributed by atoms with Crippen molar-refractivity contribution in [3.63, 3.8) is 0 Å². The summed E-state index contributed by atoms with van der Waals surface area (Å²) in [6, 6.07) is 7.38. The minimum Gasteiger partial charge on any atom is -0.396 e. The molecule has 6 heteroatoms. The molecular weight excluding hydrogens is 304 g/mol. The Kier molecular flexibility index (Phi) is 4.57. The summed E-state index contributed by atoms with van der Waals surface area (Å²) in [7, 11) is 1.94. The summed E-state index contributed by atoms with van der Waals surface area (Å²) < 4.78 is 1.93. The molecule has 3 N–H and O–H groups in total. The number of aryl methyl sites for hydroxylation is 1. The van der Waals surface area contributed by atoms with Crippen LogP contribution in [0.3, 0.4) is 0 Å². The lowest BCUT2D eigenvalue weighted by Gasteiger charge is -2.30. The molecule has 0 spiro atoms. The smallest absolute Gasteiger partial charge is 0.319 e. The van der Waals surface area contributed by atoms with Crippen LogP contribution in [-0.4, -0.2) is 33.3 Å². The first kappa shape index (κ1) is 16.5. The molecule has 2 amide bonds. The third kappa shape index (κ3) is 3.28. The van der Waals surface area contributed by atoms with Gasteiger partial charge >= 0.3 is 6.03 Å². The lowest BCUT2D eigenvalue weighted by molar-refractivity contribution is 0.122. The second kappa shape index (κ2) is 6.65. The van der Waals surface area contributed by atoms with Crippen molar-refractivity contribution in [1.29, 1.82) is 0 Å². The molecule has 1 heterocycles. The Morgan fingerprint density at radius 1 is 1.50 bits per heavy atom. The van der Waals surface area contributed by atoms with Crippen LogP contribution in [0, 0.1) is 5.41 Å². The molecule has 128 valence electrons. The predicted molar refractivity (Wildman–Crippen MR) is 93.6 cm³/mol. The van der Waals surface area contributed by atoms with Gasteiger partial charge in [-0.15, -0.1) is 0 Å². The SMILES string of the molecule is Cn1ccnc1-c1cccc(NC(=O)NC2CCCC2(C)CO)c1. The van der Waals surface area contributed by atoms with Crippen molar-refractivity contribution < 1.29 is 9.90 Å². The molecular formula is C18H24N4O2. The number of imidazole rings is 1. The molecule has 2 aromatic rings. The van der Waals surface area contributed by atoms with Crippen LogP contribution in [0.1, 0.15) is 26.2 Å². The number of anilines is 1. The topological polar surface area (TPSA) is 79.2 Å². The minimum atomic E-state index is -0.237. The van der Waals surface area contributed by atoms with E-state index in [0.717, 1.165) is 36.3 Å². The van der Waals surface area contributed by atoms with Gasteiger partial charge in [-0.25, -0.2) is 9.78 Å². The molecule has 0 radical (unpaired) electrons. The van der Waals surface area contributed by atoms with Gasteiger partial charge in [-0.1, -0.05) is 25.5 Å². The number of nitrogens with zero attached hydrogens (tertiary/aromatic N) is 2. The normalized spacial score (nSPS) is 23.2. The van der Waals surface area contributed by atoms with E-state index in [0.29, 0.717) is 0 Å². The van der Waals surface area contributed by atoms with Crippen LogP contribution in [0.15, 0.2) is 36.7 Å². The maximum Gasteiger partial charge on any atom is 0.319 e. The largest absolute Gasteiger partial charge is 0.396 e. The molecule has 6 nitrogen and oxygen atoms in total. The number of carbonyl (C=O) groups excluding carboxylic acids is 1. The van der Waals surface area contributed by atoms with Crippen molar-refractivity contribution in [3.8, 4) is 11.4 Å². The number of hydrogen-bond acceptors (Lipinski definition) is 3. The number of carbonyl (C=O) groups is 1. The molecule has 2 atom stereocenters. The number of aromatic nitrogens is 2. The van der Waals surface area contributed by atoms with Gasteiger partial charge < -0.3 is 20.3 Å². The van der Waals surface area contributed by atoms with E-state index in [-0.39, 0.29) is 24.1 Å². The van der Waals surface area contributed by atoms with Crippen LogP contribution < -0.4 is 10.6 Å². The zero-order chi connectivity index (χ0) is 17.2. The van der Waals surface area contributed by atoms with E-state index in [1.54, 1.807) is 6.20 Å². The van der Waals surface area contributed by atoms with E-state index in [1.165, 1.54) is 0 Å². The lowest BCUT2D eigenvalue weighted by atomic mass is 9.86. The van der Waals surface area contributed by atoms with Gasteiger partial charge in [0.1, 0.15) is 5.82 Å². The van der Waals surface area contributed by atoms with Crippen LogP contribution in [0.4, 0.5) is 10.5 Å². The van der Waals surface area contributed by atoms with Gasteiger partial charge in [0.2, 0.25) is 0 Å². The lowest BCUT2D eigenvalue weighted by Crippen LogP contribution is -2.46. The summed E-state index contributed by atoms with van der Waals surface area (Å²) in [6.07, 6.45) is 6.49. The monoisotopic (exact) mass is 328 g/mol. The molecule has 0 aliphatic heterocycles. The summed E-state index contributed by atoms with van der Waals surface area (Å²) in [6.45, 7) is 2.11. The van der Waals surface area contributed by atoms with Gasteiger partial charge in [0.05, 0.1) is 6.61 Å². The molecule has 0 saturated heterocycles. The van der Waals surface area contributed by atoms with Crippen molar-refractivity contribution in [2.24, 2.45) is 12.5 Å². The second-order valence-electron chi connectivity index (χ2n) is 6.80. The zero-order valence-electron chi connectivity index (χ0n) is 14.1. The average molecular weight is 328 g/mol. The first-order valence-corrected chi connectivity index (χ1v) is 8.28. The van der Waals surface area contributed by atoms with Gasteiger partial charge in [-0.3, -0.25) is 0 Å². The zero-order valence-corrected chi connectivity index (χ0v) is 14.1. The van der Waals surface area contributed by atoms with Crippen LogP contribution in [-0.2, 0) is 7.05 Å². The molecule has 1 aliphatic carbocycles. The van der Waals surface area contributed by atoms with Crippen molar-refractivity contribution in [1.82, 2.24) is 14.9 Å². The summed E-state index contributed by atoms with van der Waals surface area (Å²) in [5.41, 5.74) is 1.43. The highest BCUT2D eigenvalue weighted by molar-refractivity contribution is 5.90. The summed E-state index contributed by atoms with van der Waals surface area (Å²) >= 11 is 0. The van der Waals surface area contributed by atoms with Gasteiger partial charge in [0, 0.05) is 42.1 Å². The van der Waals surface area contributed by atoms with E-state index in [4.69, 9.17) is 0 Å². The molecule has 1 aromatic heterocycles. The number of amides is 2. The van der Waals surface area contributed by atoms with Crippen LogP contribution in [0.5, 0.6) is 0 Å². The number of hydrogen-bond donors (Lipinski definition) is 3. The number of urea groups is 1. The molecule has 24 heavy (non-hydrogen) atoms. The van der Waals surface area contributed by atoms with E-state index in [9.17, 15) is 9.90 Å². The Bertz CT molecular complexity index is 727. The van der Waals surface area contributed by atoms with E-state index in [2.05, 4.69) is 15.6 Å². The van der Waals surface area contributed by atoms with Gasteiger partial charge in [-0.2, -0.15) is 0 Å². The van der Waals surface area contributed by atoms with E-state index in [1.807, 2.05) is 49.0 Å². The third-order valence-corrected chi connectivity index (χ3v) is 4.95. The van der Waals surface area contributed by atoms with Gasteiger partial charge in [-0.05, 0) is 25.0 Å². The maximum absolute atomic E-state index is 12.3. The van der Waals surface area contributed by atoms with Gasteiger partial charge in [0.25, 0.3) is 0 Å². The standard InChI is InChI=1S/C18H24N4O2/c1-18(12-23)8-4-7-15(18)21-17(24)20-14-6-3-5-13(11-14)16-19-9-10-22(16)2/h3,5-6,9-11,15,23H,4,7-8,12H2,1-2H3,(H2,20,21,24). The van der Waals surface area contributed by atoms with Crippen LogP contribution in [0.25, 0.3) is 11.4 Å². The quantitative estimate of drug-likeness (QED) is 0.807. The molecule has 1 saturated carbocycles. The Balaban J connectivity index is 1.68. The minimum absolute atomic E-state index is 0.000207. The van der Waals surface area contributed by atoms with Crippen LogP contribution >= 0.6 is 0 Å². The van der Waals surface area contributed by atoms with Crippen molar-refractivity contribution in [2.45, 2.75) is 32.2 Å². The Morgan fingerprint density at radius 3 is 3.04 bits per heavy atom. The Labute approximate surface area is 141 Å². The number of nitrogens with one attached hydrogen (secondary N) is 2. The van der Waals surface area contributed by atoms with Gasteiger partial charge in [0.15, 0.2) is 0 Å². The highest BCUT2D eigenvalue weighted by atomic mass is 16.3. The second-order valence-corrected chi connectivity index (χ2v) is 6.80. The Morgan fingerprint density at radius 2 is 2.33 bits per heavy atom. The summed E-state index contributed by atoms with van der Waals surface area (Å²) in [4.78, 5) is 16.6. The molecule has 1 fully saturated rings. The van der Waals surface area contributed by atoms with Crippen molar-refractivity contribution in [3.05, 3.63) is 36.7 Å². The number of benzene rings is 1. The fourth-order valence-electron chi connectivity index (χ4n) is 3.37. The van der Waals surface area contributed by atoms with Crippen LogP contribution in [0.2, 0.25) is 0 Å². The number of aliphatic hydroxyl groups excluding tert-OH is 1. The van der Waals surface area contributed by atoms with E-state index >= 15 is 0 Å². The van der Waals surface area contributed by atoms with Crippen molar-refractivity contribution >= 4 is 11.7 Å². The van der Waals surface area contributed by atoms with E-state index < -0.39 is 0 Å².